The fourth-order valence-corrected chi connectivity index (χ4v) is 4.29. The third-order valence-corrected chi connectivity index (χ3v) is 5.78. The van der Waals surface area contributed by atoms with Crippen molar-refractivity contribution in [1.29, 1.82) is 0 Å². The lowest BCUT2D eigenvalue weighted by molar-refractivity contribution is -0.131. The van der Waals surface area contributed by atoms with Crippen LogP contribution in [-0.4, -0.2) is 29.9 Å². The van der Waals surface area contributed by atoms with Crippen molar-refractivity contribution in [3.63, 3.8) is 0 Å². The largest absolute Gasteiger partial charge is 0.340 e. The van der Waals surface area contributed by atoms with Crippen LogP contribution in [0, 0.1) is 5.92 Å². The molecule has 0 spiro atoms. The van der Waals surface area contributed by atoms with Gasteiger partial charge in [-0.05, 0) is 35.6 Å². The van der Waals surface area contributed by atoms with Crippen molar-refractivity contribution in [1.82, 2.24) is 4.90 Å². The van der Waals surface area contributed by atoms with E-state index in [2.05, 4.69) is 40.2 Å². The quantitative estimate of drug-likeness (QED) is 0.816. The molecule has 3 nitrogen and oxygen atoms in total. The summed E-state index contributed by atoms with van der Waals surface area (Å²) in [6.07, 6.45) is 0.955. The SMILES string of the molecule is Cl.N[C@@H]1CN(C(=O)C2CC2c2cccc(Br)c2)C[C@H]1c1ccccc1. The third-order valence-electron chi connectivity index (χ3n) is 5.29. The first kappa shape index (κ1) is 18.4. The van der Waals surface area contributed by atoms with Crippen molar-refractivity contribution in [3.05, 3.63) is 70.2 Å². The van der Waals surface area contributed by atoms with Crippen LogP contribution in [0.25, 0.3) is 0 Å². The Morgan fingerprint density at radius 3 is 2.44 bits per heavy atom. The number of likely N-dealkylation sites (tertiary alicyclic amines) is 1. The molecule has 5 heteroatoms. The average molecular weight is 422 g/mol. The van der Waals surface area contributed by atoms with E-state index in [1.54, 1.807) is 0 Å². The van der Waals surface area contributed by atoms with Crippen molar-refractivity contribution in [2.75, 3.05) is 13.1 Å². The lowest BCUT2D eigenvalue weighted by Gasteiger charge is -2.16. The van der Waals surface area contributed by atoms with Crippen molar-refractivity contribution >= 4 is 34.2 Å². The number of hydrogen-bond acceptors (Lipinski definition) is 2. The Kier molecular flexibility index (Phi) is 5.52. The second kappa shape index (κ2) is 7.48. The zero-order valence-corrected chi connectivity index (χ0v) is 16.2. The maximum atomic E-state index is 12.9. The second-order valence-corrected chi connectivity index (χ2v) is 7.84. The molecule has 0 aromatic heterocycles. The van der Waals surface area contributed by atoms with E-state index in [4.69, 9.17) is 5.73 Å². The highest BCUT2D eigenvalue weighted by Crippen LogP contribution is 2.49. The molecule has 1 saturated heterocycles. The smallest absolute Gasteiger partial charge is 0.226 e. The van der Waals surface area contributed by atoms with E-state index in [1.165, 1.54) is 11.1 Å². The van der Waals surface area contributed by atoms with Crippen molar-refractivity contribution in [3.8, 4) is 0 Å². The molecule has 1 aliphatic carbocycles. The summed E-state index contributed by atoms with van der Waals surface area (Å²) in [4.78, 5) is 14.8. The van der Waals surface area contributed by atoms with Gasteiger partial charge < -0.3 is 10.6 Å². The second-order valence-electron chi connectivity index (χ2n) is 6.93. The molecule has 2 aromatic carbocycles. The van der Waals surface area contributed by atoms with Gasteiger partial charge in [0.25, 0.3) is 0 Å². The molecule has 1 saturated carbocycles. The Balaban J connectivity index is 0.00000182. The molecule has 0 bridgehead atoms. The number of amides is 1. The molecule has 0 radical (unpaired) electrons. The van der Waals surface area contributed by atoms with Gasteiger partial charge >= 0.3 is 0 Å². The zero-order chi connectivity index (χ0) is 16.7. The number of hydrogen-bond donors (Lipinski definition) is 1. The van der Waals surface area contributed by atoms with Crippen molar-refractivity contribution in [2.45, 2.75) is 24.3 Å². The fraction of sp³-hybridized carbons (Fsp3) is 0.350. The summed E-state index contributed by atoms with van der Waals surface area (Å²) in [5.41, 5.74) is 8.82. The molecule has 2 fully saturated rings. The summed E-state index contributed by atoms with van der Waals surface area (Å²) in [5.74, 6) is 1.01. The standard InChI is InChI=1S/C20H21BrN2O.ClH/c21-15-8-4-7-14(9-15)16-10-17(16)20(24)23-11-18(19(22)12-23)13-5-2-1-3-6-13;/h1-9,16-19H,10-12,22H2;1H/t16?,17?,18-,19+;/m0./s1. The highest BCUT2D eigenvalue weighted by molar-refractivity contribution is 9.10. The van der Waals surface area contributed by atoms with E-state index < -0.39 is 0 Å². The molecule has 4 atom stereocenters. The van der Waals surface area contributed by atoms with Crippen LogP contribution in [0.15, 0.2) is 59.1 Å². The Labute approximate surface area is 163 Å². The molecule has 132 valence electrons. The Morgan fingerprint density at radius 2 is 1.72 bits per heavy atom. The minimum atomic E-state index is 0. The van der Waals surface area contributed by atoms with Gasteiger partial charge in [0.05, 0.1) is 0 Å². The Morgan fingerprint density at radius 1 is 1.00 bits per heavy atom. The number of carbonyl (C=O) groups excluding carboxylic acids is 1. The van der Waals surface area contributed by atoms with Crippen LogP contribution in [0.2, 0.25) is 0 Å². The van der Waals surface area contributed by atoms with Crippen LogP contribution in [0.5, 0.6) is 0 Å². The molecule has 2 aromatic rings. The minimum Gasteiger partial charge on any atom is -0.340 e. The predicted molar refractivity (Wildman–Crippen MR) is 106 cm³/mol. The first-order chi connectivity index (χ1) is 11.6. The zero-order valence-electron chi connectivity index (χ0n) is 13.8. The fourth-order valence-electron chi connectivity index (χ4n) is 3.87. The van der Waals surface area contributed by atoms with E-state index in [0.717, 1.165) is 17.4 Å². The van der Waals surface area contributed by atoms with Crippen LogP contribution in [0.1, 0.15) is 29.4 Å². The molecule has 1 heterocycles. The molecule has 1 aliphatic heterocycles. The van der Waals surface area contributed by atoms with Crippen molar-refractivity contribution < 1.29 is 4.79 Å². The van der Waals surface area contributed by atoms with Crippen LogP contribution in [0.3, 0.4) is 0 Å². The molecule has 2 aliphatic rings. The van der Waals surface area contributed by atoms with Crippen LogP contribution in [-0.2, 0) is 4.79 Å². The van der Waals surface area contributed by atoms with E-state index in [1.807, 2.05) is 35.2 Å². The number of rotatable bonds is 3. The normalized spacial score (nSPS) is 27.7. The highest BCUT2D eigenvalue weighted by Gasteiger charge is 2.47. The molecular weight excluding hydrogens is 400 g/mol. The maximum Gasteiger partial charge on any atom is 0.226 e. The van der Waals surface area contributed by atoms with Gasteiger partial charge in [-0.15, -0.1) is 12.4 Å². The van der Waals surface area contributed by atoms with Gasteiger partial charge in [-0.25, -0.2) is 0 Å². The van der Waals surface area contributed by atoms with Crippen LogP contribution in [0.4, 0.5) is 0 Å². The topological polar surface area (TPSA) is 46.3 Å². The van der Waals surface area contributed by atoms with E-state index in [9.17, 15) is 4.79 Å². The number of carbonyl (C=O) groups is 1. The highest BCUT2D eigenvalue weighted by atomic mass is 79.9. The van der Waals surface area contributed by atoms with Crippen LogP contribution >= 0.6 is 28.3 Å². The molecule has 1 amide bonds. The lowest BCUT2D eigenvalue weighted by atomic mass is 9.95. The first-order valence-electron chi connectivity index (χ1n) is 8.48. The molecule has 2 N–H and O–H groups in total. The predicted octanol–water partition coefficient (Wildman–Crippen LogP) is 3.93. The average Bonchev–Trinajstić information content (AvgIpc) is 3.30. The number of benzene rings is 2. The number of nitrogens with two attached hydrogens (primary N) is 1. The van der Waals surface area contributed by atoms with E-state index in [0.29, 0.717) is 12.5 Å². The molecule has 2 unspecified atom stereocenters. The van der Waals surface area contributed by atoms with Gasteiger partial charge in [-0.3, -0.25) is 4.79 Å². The maximum absolute atomic E-state index is 12.9. The monoisotopic (exact) mass is 420 g/mol. The molecular formula is C20H22BrClN2O. The van der Waals surface area contributed by atoms with Gasteiger partial charge in [-0.2, -0.15) is 0 Å². The first-order valence-corrected chi connectivity index (χ1v) is 9.27. The molecule has 25 heavy (non-hydrogen) atoms. The Hall–Kier alpha value is -1.36. The summed E-state index contributed by atoms with van der Waals surface area (Å²) in [5, 5.41) is 0. The Bertz CT molecular complexity index is 754. The summed E-state index contributed by atoms with van der Waals surface area (Å²) >= 11 is 3.51. The van der Waals surface area contributed by atoms with Gasteiger partial charge in [0.15, 0.2) is 0 Å². The summed E-state index contributed by atoms with van der Waals surface area (Å²) in [6, 6.07) is 18.6. The number of nitrogens with zero attached hydrogens (tertiary/aromatic N) is 1. The van der Waals surface area contributed by atoms with Gasteiger partial charge in [0.1, 0.15) is 0 Å². The van der Waals surface area contributed by atoms with E-state index >= 15 is 0 Å². The minimum absolute atomic E-state index is 0. The van der Waals surface area contributed by atoms with Gasteiger partial charge in [0.2, 0.25) is 5.91 Å². The summed E-state index contributed by atoms with van der Waals surface area (Å²) in [6.45, 7) is 1.41. The third kappa shape index (κ3) is 3.76. The summed E-state index contributed by atoms with van der Waals surface area (Å²) < 4.78 is 1.07. The lowest BCUT2D eigenvalue weighted by Crippen LogP contribution is -2.33. The van der Waals surface area contributed by atoms with E-state index in [-0.39, 0.29) is 36.2 Å². The van der Waals surface area contributed by atoms with Gasteiger partial charge in [0, 0.05) is 35.4 Å². The van der Waals surface area contributed by atoms with Gasteiger partial charge in [-0.1, -0.05) is 58.4 Å². The van der Waals surface area contributed by atoms with Crippen molar-refractivity contribution in [2.24, 2.45) is 11.7 Å². The molecule has 4 rings (SSSR count). The number of halogens is 2. The van der Waals surface area contributed by atoms with Crippen LogP contribution < -0.4 is 5.73 Å². The summed E-state index contributed by atoms with van der Waals surface area (Å²) in [7, 11) is 0.